The van der Waals surface area contributed by atoms with Crippen molar-refractivity contribution < 1.29 is 17.1 Å². The molecule has 3 heteroatoms. The predicted octanol–water partition coefficient (Wildman–Crippen LogP) is -0.0264. The number of likely N-dealkylation sites (N-methyl/N-ethyl adjacent to an activating group) is 1. The Kier molecular flexibility index (Phi) is 8.92. The number of hydrogen-bond donors (Lipinski definition) is 0. The molecule has 0 aromatic heterocycles. The molecule has 0 bridgehead atoms. The van der Waals surface area contributed by atoms with Gasteiger partial charge in [-0.25, -0.2) is 0 Å². The molecular formula is C14H23ClNO-. The number of rotatable bonds is 7. The maximum atomic E-state index is 5.80. The first-order valence-electron chi connectivity index (χ1n) is 6.09. The molecule has 0 heterocycles. The van der Waals surface area contributed by atoms with Crippen molar-refractivity contribution >= 4 is 0 Å². The highest BCUT2D eigenvalue weighted by molar-refractivity contribution is 5.33. The molecule has 0 aliphatic heterocycles. The van der Waals surface area contributed by atoms with E-state index in [0.717, 1.165) is 25.3 Å². The lowest BCUT2D eigenvalue weighted by molar-refractivity contribution is -0.00000403. The van der Waals surface area contributed by atoms with Gasteiger partial charge in [0.1, 0.15) is 12.4 Å². The van der Waals surface area contributed by atoms with Crippen molar-refractivity contribution in [3.05, 3.63) is 29.8 Å². The molecule has 2 nitrogen and oxygen atoms in total. The summed E-state index contributed by atoms with van der Waals surface area (Å²) in [5.74, 6) is 1.05. The lowest BCUT2D eigenvalue weighted by Crippen LogP contribution is -3.00. The summed E-state index contributed by atoms with van der Waals surface area (Å²) < 4.78 is 5.80. The Bertz CT molecular complexity index is 302. The molecule has 1 aromatic carbocycles. The van der Waals surface area contributed by atoms with Crippen LogP contribution < -0.4 is 17.1 Å². The lowest BCUT2D eigenvalue weighted by Gasteiger charge is -2.13. The average Bonchev–Trinajstić information content (AvgIpc) is 2.27. The minimum atomic E-state index is 0. The zero-order valence-electron chi connectivity index (χ0n) is 11.1. The predicted molar refractivity (Wildman–Crippen MR) is 69.1 cm³/mol. The molecule has 0 saturated heterocycles. The molecule has 0 spiro atoms. The number of nitrogens with zero attached hydrogens (tertiary/aromatic N) is 1. The summed E-state index contributed by atoms with van der Waals surface area (Å²) in [5, 5.41) is 0. The maximum Gasteiger partial charge on any atom is 0.122 e. The van der Waals surface area contributed by atoms with E-state index in [1.807, 2.05) is 6.07 Å². The van der Waals surface area contributed by atoms with Crippen molar-refractivity contribution in [3.8, 4) is 5.75 Å². The fourth-order valence-corrected chi connectivity index (χ4v) is 1.56. The molecule has 0 aliphatic rings. The van der Waals surface area contributed by atoms with Gasteiger partial charge in [-0.3, -0.25) is 0 Å². The second-order valence-corrected chi connectivity index (χ2v) is 4.36. The number of unbranched alkanes of at least 4 members (excludes halogenated alkanes) is 1. The van der Waals surface area contributed by atoms with Crippen LogP contribution in [0.4, 0.5) is 0 Å². The molecule has 0 N–H and O–H groups in total. The second kappa shape index (κ2) is 9.32. The molecule has 0 amide bonds. The van der Waals surface area contributed by atoms with Crippen molar-refractivity contribution in [3.63, 3.8) is 0 Å². The van der Waals surface area contributed by atoms with Crippen molar-refractivity contribution in [1.29, 1.82) is 0 Å². The number of aryl methyl sites for hydroxylation is 1. The Hall–Kier alpha value is -0.730. The van der Waals surface area contributed by atoms with Crippen molar-refractivity contribution in [2.45, 2.75) is 26.2 Å². The van der Waals surface area contributed by atoms with Crippen molar-refractivity contribution in [1.82, 2.24) is 4.90 Å². The summed E-state index contributed by atoms with van der Waals surface area (Å²) >= 11 is 0. The van der Waals surface area contributed by atoms with Gasteiger partial charge in [0.2, 0.25) is 0 Å². The van der Waals surface area contributed by atoms with E-state index in [4.69, 9.17) is 4.74 Å². The van der Waals surface area contributed by atoms with Crippen LogP contribution in [-0.2, 0) is 6.42 Å². The zero-order valence-corrected chi connectivity index (χ0v) is 11.8. The Morgan fingerprint density at radius 2 is 1.88 bits per heavy atom. The highest BCUT2D eigenvalue weighted by Crippen LogP contribution is 2.19. The number of halogens is 1. The molecule has 0 atom stereocenters. The molecule has 1 aromatic rings. The van der Waals surface area contributed by atoms with E-state index in [0.29, 0.717) is 0 Å². The first-order valence-corrected chi connectivity index (χ1v) is 6.09. The van der Waals surface area contributed by atoms with Crippen LogP contribution >= 0.6 is 0 Å². The Morgan fingerprint density at radius 1 is 1.18 bits per heavy atom. The zero-order chi connectivity index (χ0) is 11.8. The SMILES string of the molecule is CCCCc1ccccc1OCCN(C)C.[Cl-]. The highest BCUT2D eigenvalue weighted by atomic mass is 35.5. The molecular weight excluding hydrogens is 234 g/mol. The first-order chi connectivity index (χ1) is 7.74. The van der Waals surface area contributed by atoms with Gasteiger partial charge in [0.05, 0.1) is 0 Å². The average molecular weight is 257 g/mol. The van der Waals surface area contributed by atoms with Crippen LogP contribution in [0.25, 0.3) is 0 Å². The fraction of sp³-hybridized carbons (Fsp3) is 0.571. The molecule has 98 valence electrons. The van der Waals surface area contributed by atoms with Crippen LogP contribution in [0, 0.1) is 0 Å². The summed E-state index contributed by atoms with van der Waals surface area (Å²) in [6.07, 6.45) is 3.58. The topological polar surface area (TPSA) is 12.5 Å². The van der Waals surface area contributed by atoms with Crippen LogP contribution in [0.3, 0.4) is 0 Å². The smallest absolute Gasteiger partial charge is 0.122 e. The third-order valence-electron chi connectivity index (χ3n) is 2.57. The van der Waals surface area contributed by atoms with E-state index in [-0.39, 0.29) is 12.4 Å². The third kappa shape index (κ3) is 6.54. The fourth-order valence-electron chi connectivity index (χ4n) is 1.56. The number of benzene rings is 1. The molecule has 1 rings (SSSR count). The second-order valence-electron chi connectivity index (χ2n) is 4.36. The van der Waals surface area contributed by atoms with Gasteiger partial charge in [0.25, 0.3) is 0 Å². The van der Waals surface area contributed by atoms with E-state index < -0.39 is 0 Å². The van der Waals surface area contributed by atoms with E-state index in [1.54, 1.807) is 0 Å². The molecule has 0 fully saturated rings. The minimum absolute atomic E-state index is 0. The van der Waals surface area contributed by atoms with Crippen LogP contribution in [0.15, 0.2) is 24.3 Å². The van der Waals surface area contributed by atoms with Gasteiger partial charge in [0.15, 0.2) is 0 Å². The summed E-state index contributed by atoms with van der Waals surface area (Å²) in [6, 6.07) is 8.37. The normalized spacial score (nSPS) is 10.1. The maximum absolute atomic E-state index is 5.80. The van der Waals surface area contributed by atoms with Gasteiger partial charge >= 0.3 is 0 Å². The molecule has 0 unspecified atom stereocenters. The van der Waals surface area contributed by atoms with Crippen LogP contribution in [0.2, 0.25) is 0 Å². The quantitative estimate of drug-likeness (QED) is 0.680. The molecule has 0 radical (unpaired) electrons. The molecule has 17 heavy (non-hydrogen) atoms. The van der Waals surface area contributed by atoms with Crippen LogP contribution in [0.1, 0.15) is 25.3 Å². The largest absolute Gasteiger partial charge is 1.00 e. The summed E-state index contributed by atoms with van der Waals surface area (Å²) in [5.41, 5.74) is 1.34. The Balaban J connectivity index is 0.00000256. The third-order valence-corrected chi connectivity index (χ3v) is 2.57. The number of ether oxygens (including phenoxy) is 1. The standard InChI is InChI=1S/C14H23NO.ClH/c1-4-5-8-13-9-6-7-10-14(13)16-12-11-15(2)3;/h6-7,9-10H,4-5,8,11-12H2,1-3H3;1H/p-1. The van der Waals surface area contributed by atoms with Crippen molar-refractivity contribution in [2.75, 3.05) is 27.2 Å². The van der Waals surface area contributed by atoms with Gasteiger partial charge in [-0.05, 0) is 38.6 Å². The van der Waals surface area contributed by atoms with Gasteiger partial charge in [-0.2, -0.15) is 0 Å². The molecule has 0 aliphatic carbocycles. The number of para-hydroxylation sites is 1. The van der Waals surface area contributed by atoms with Gasteiger partial charge in [-0.15, -0.1) is 0 Å². The van der Waals surface area contributed by atoms with Gasteiger partial charge in [0, 0.05) is 6.54 Å². The van der Waals surface area contributed by atoms with Crippen LogP contribution in [0.5, 0.6) is 5.75 Å². The minimum Gasteiger partial charge on any atom is -1.00 e. The van der Waals surface area contributed by atoms with E-state index in [9.17, 15) is 0 Å². The lowest BCUT2D eigenvalue weighted by atomic mass is 10.1. The Labute approximate surface area is 111 Å². The Morgan fingerprint density at radius 3 is 2.53 bits per heavy atom. The van der Waals surface area contributed by atoms with Gasteiger partial charge in [-0.1, -0.05) is 31.5 Å². The van der Waals surface area contributed by atoms with Crippen LogP contribution in [-0.4, -0.2) is 32.1 Å². The number of hydrogen-bond acceptors (Lipinski definition) is 2. The van der Waals surface area contributed by atoms with E-state index >= 15 is 0 Å². The highest BCUT2D eigenvalue weighted by Gasteiger charge is 2.02. The summed E-state index contributed by atoms with van der Waals surface area (Å²) in [7, 11) is 4.12. The van der Waals surface area contributed by atoms with Gasteiger partial charge < -0.3 is 22.0 Å². The van der Waals surface area contributed by atoms with Crippen molar-refractivity contribution in [2.24, 2.45) is 0 Å². The van der Waals surface area contributed by atoms with E-state index in [1.165, 1.54) is 18.4 Å². The van der Waals surface area contributed by atoms with E-state index in [2.05, 4.69) is 44.1 Å². The first kappa shape index (κ1) is 16.3. The summed E-state index contributed by atoms with van der Waals surface area (Å²) in [6.45, 7) is 3.94. The monoisotopic (exact) mass is 256 g/mol. The summed E-state index contributed by atoms with van der Waals surface area (Å²) in [4.78, 5) is 2.13. The molecule has 0 saturated carbocycles.